The van der Waals surface area contributed by atoms with Gasteiger partial charge in [0.25, 0.3) is 0 Å². The number of hydrogen-bond acceptors (Lipinski definition) is 3. The SMILES string of the molecule is C[C@@H](NC(=O)CCC(=O)N[C@@H](Cc1ccc(-c2ccccc2)cc1)C(N)=O)c1ccccc1. The zero-order valence-electron chi connectivity index (χ0n) is 18.7. The van der Waals surface area contributed by atoms with Crippen LogP contribution in [-0.2, 0) is 20.8 Å². The van der Waals surface area contributed by atoms with Crippen LogP contribution < -0.4 is 16.4 Å². The molecule has 0 saturated carbocycles. The van der Waals surface area contributed by atoms with Gasteiger partial charge in [0.2, 0.25) is 17.7 Å². The van der Waals surface area contributed by atoms with Gasteiger partial charge in [-0.25, -0.2) is 0 Å². The first kappa shape index (κ1) is 23.7. The Hall–Kier alpha value is -3.93. The highest BCUT2D eigenvalue weighted by molar-refractivity contribution is 5.89. The van der Waals surface area contributed by atoms with Crippen LogP contribution in [-0.4, -0.2) is 23.8 Å². The number of nitrogens with one attached hydrogen (secondary N) is 2. The van der Waals surface area contributed by atoms with E-state index in [-0.39, 0.29) is 37.1 Å². The summed E-state index contributed by atoms with van der Waals surface area (Å²) in [4.78, 5) is 36.5. The van der Waals surface area contributed by atoms with Gasteiger partial charge in [0, 0.05) is 19.3 Å². The van der Waals surface area contributed by atoms with Crippen molar-refractivity contribution in [3.8, 4) is 11.1 Å². The summed E-state index contributed by atoms with van der Waals surface area (Å²) in [5.74, 6) is -1.23. The van der Waals surface area contributed by atoms with Crippen molar-refractivity contribution in [2.75, 3.05) is 0 Å². The Morgan fingerprint density at radius 2 is 1.24 bits per heavy atom. The predicted molar refractivity (Wildman–Crippen MR) is 129 cm³/mol. The number of carbonyl (C=O) groups excluding carboxylic acids is 3. The summed E-state index contributed by atoms with van der Waals surface area (Å²) in [6, 6.07) is 26.4. The van der Waals surface area contributed by atoms with Gasteiger partial charge in [0.15, 0.2) is 0 Å². The van der Waals surface area contributed by atoms with E-state index in [1.54, 1.807) is 0 Å². The molecule has 0 unspecified atom stereocenters. The van der Waals surface area contributed by atoms with Crippen molar-refractivity contribution in [2.24, 2.45) is 5.73 Å². The normalized spacial score (nSPS) is 12.4. The number of benzene rings is 3. The van der Waals surface area contributed by atoms with Gasteiger partial charge < -0.3 is 16.4 Å². The van der Waals surface area contributed by atoms with Crippen LogP contribution in [0.4, 0.5) is 0 Å². The highest BCUT2D eigenvalue weighted by Crippen LogP contribution is 2.19. The minimum Gasteiger partial charge on any atom is -0.368 e. The lowest BCUT2D eigenvalue weighted by atomic mass is 10.0. The fourth-order valence-electron chi connectivity index (χ4n) is 3.55. The molecule has 3 amide bonds. The van der Waals surface area contributed by atoms with Crippen molar-refractivity contribution < 1.29 is 14.4 Å². The second-order valence-corrected chi connectivity index (χ2v) is 7.99. The van der Waals surface area contributed by atoms with Gasteiger partial charge in [-0.15, -0.1) is 0 Å². The van der Waals surface area contributed by atoms with Gasteiger partial charge in [-0.05, 0) is 29.2 Å². The third-order valence-corrected chi connectivity index (χ3v) is 5.44. The first-order chi connectivity index (χ1) is 15.9. The molecule has 0 aromatic heterocycles. The number of primary amides is 1. The maximum absolute atomic E-state index is 12.3. The lowest BCUT2D eigenvalue weighted by Gasteiger charge is -2.17. The number of hydrogen-bond donors (Lipinski definition) is 3. The Kier molecular flexibility index (Phi) is 8.36. The number of rotatable bonds is 10. The molecule has 6 nitrogen and oxygen atoms in total. The van der Waals surface area contributed by atoms with E-state index < -0.39 is 11.9 Å². The maximum Gasteiger partial charge on any atom is 0.240 e. The van der Waals surface area contributed by atoms with Crippen molar-refractivity contribution in [2.45, 2.75) is 38.3 Å². The van der Waals surface area contributed by atoms with Gasteiger partial charge in [-0.3, -0.25) is 14.4 Å². The van der Waals surface area contributed by atoms with Crippen LogP contribution in [0.1, 0.15) is 36.9 Å². The first-order valence-electron chi connectivity index (χ1n) is 11.0. The smallest absolute Gasteiger partial charge is 0.240 e. The zero-order valence-corrected chi connectivity index (χ0v) is 18.7. The first-order valence-corrected chi connectivity index (χ1v) is 11.0. The van der Waals surface area contributed by atoms with E-state index >= 15 is 0 Å². The molecular weight excluding hydrogens is 414 g/mol. The highest BCUT2D eigenvalue weighted by Gasteiger charge is 2.19. The van der Waals surface area contributed by atoms with Crippen molar-refractivity contribution in [1.29, 1.82) is 0 Å². The number of carbonyl (C=O) groups is 3. The molecule has 0 aliphatic carbocycles. The van der Waals surface area contributed by atoms with E-state index in [0.717, 1.165) is 22.3 Å². The van der Waals surface area contributed by atoms with E-state index in [2.05, 4.69) is 10.6 Å². The van der Waals surface area contributed by atoms with Crippen molar-refractivity contribution in [3.05, 3.63) is 96.1 Å². The minimum atomic E-state index is -0.841. The molecule has 170 valence electrons. The van der Waals surface area contributed by atoms with Gasteiger partial charge >= 0.3 is 0 Å². The lowest BCUT2D eigenvalue weighted by Crippen LogP contribution is -2.46. The molecule has 0 aliphatic heterocycles. The largest absolute Gasteiger partial charge is 0.368 e. The second kappa shape index (κ2) is 11.6. The molecule has 4 N–H and O–H groups in total. The topological polar surface area (TPSA) is 101 Å². The molecule has 3 rings (SSSR count). The third kappa shape index (κ3) is 7.31. The molecular formula is C27H29N3O3. The molecule has 3 aromatic carbocycles. The van der Waals surface area contributed by atoms with E-state index in [1.165, 1.54) is 0 Å². The van der Waals surface area contributed by atoms with E-state index in [1.807, 2.05) is 91.9 Å². The molecule has 0 saturated heterocycles. The van der Waals surface area contributed by atoms with Gasteiger partial charge in [-0.1, -0.05) is 84.9 Å². The average Bonchev–Trinajstić information content (AvgIpc) is 2.84. The van der Waals surface area contributed by atoms with E-state index in [4.69, 9.17) is 5.73 Å². The summed E-state index contributed by atoms with van der Waals surface area (Å²) in [6.45, 7) is 1.89. The third-order valence-electron chi connectivity index (χ3n) is 5.44. The molecule has 0 fully saturated rings. The number of amides is 3. The Morgan fingerprint density at radius 3 is 1.82 bits per heavy atom. The highest BCUT2D eigenvalue weighted by atomic mass is 16.2. The second-order valence-electron chi connectivity index (χ2n) is 7.99. The maximum atomic E-state index is 12.3. The molecule has 3 aromatic rings. The van der Waals surface area contributed by atoms with Gasteiger partial charge in [0.05, 0.1) is 6.04 Å². The standard InChI is InChI=1S/C27H29N3O3/c1-19(21-8-4-2-5-9-21)29-25(31)16-17-26(32)30-24(27(28)33)18-20-12-14-23(15-13-20)22-10-6-3-7-11-22/h2-15,19,24H,16-18H2,1H3,(H2,28,33)(H,29,31)(H,30,32)/t19-,24+/m1/s1. The molecule has 6 heteroatoms. The molecule has 0 bridgehead atoms. The number of nitrogens with two attached hydrogens (primary N) is 1. The van der Waals surface area contributed by atoms with Gasteiger partial charge in [-0.2, -0.15) is 0 Å². The van der Waals surface area contributed by atoms with E-state index in [0.29, 0.717) is 0 Å². The van der Waals surface area contributed by atoms with Crippen LogP contribution in [0.25, 0.3) is 11.1 Å². The summed E-state index contributed by atoms with van der Waals surface area (Å²) in [7, 11) is 0. The summed E-state index contributed by atoms with van der Waals surface area (Å²) in [5.41, 5.74) is 9.54. The Bertz CT molecular complexity index is 1070. The summed E-state index contributed by atoms with van der Waals surface area (Å²) in [5, 5.41) is 5.53. The van der Waals surface area contributed by atoms with Crippen LogP contribution in [0.3, 0.4) is 0 Å². The van der Waals surface area contributed by atoms with Crippen LogP contribution in [0, 0.1) is 0 Å². The zero-order chi connectivity index (χ0) is 23.6. The molecule has 0 heterocycles. The van der Waals surface area contributed by atoms with E-state index in [9.17, 15) is 14.4 Å². The Morgan fingerprint density at radius 1 is 0.727 bits per heavy atom. The predicted octanol–water partition coefficient (Wildman–Crippen LogP) is 3.52. The van der Waals surface area contributed by atoms with Crippen LogP contribution >= 0.6 is 0 Å². The monoisotopic (exact) mass is 443 g/mol. The molecule has 0 spiro atoms. The Labute approximate surface area is 194 Å². The molecule has 0 radical (unpaired) electrons. The summed E-state index contributed by atoms with van der Waals surface area (Å²) >= 11 is 0. The minimum absolute atomic E-state index is 0.0237. The Balaban J connectivity index is 1.49. The van der Waals surface area contributed by atoms with Crippen molar-refractivity contribution >= 4 is 17.7 Å². The van der Waals surface area contributed by atoms with Crippen molar-refractivity contribution in [3.63, 3.8) is 0 Å². The van der Waals surface area contributed by atoms with Crippen LogP contribution in [0.5, 0.6) is 0 Å². The fraction of sp³-hybridized carbons (Fsp3) is 0.222. The van der Waals surface area contributed by atoms with Gasteiger partial charge in [0.1, 0.15) is 6.04 Å². The molecule has 33 heavy (non-hydrogen) atoms. The lowest BCUT2D eigenvalue weighted by molar-refractivity contribution is -0.129. The van der Waals surface area contributed by atoms with Crippen LogP contribution in [0.2, 0.25) is 0 Å². The summed E-state index contributed by atoms with van der Waals surface area (Å²) < 4.78 is 0. The molecule has 2 atom stereocenters. The average molecular weight is 444 g/mol. The fourth-order valence-corrected chi connectivity index (χ4v) is 3.55. The molecule has 0 aliphatic rings. The summed E-state index contributed by atoms with van der Waals surface area (Å²) in [6.07, 6.45) is 0.289. The van der Waals surface area contributed by atoms with Crippen molar-refractivity contribution in [1.82, 2.24) is 10.6 Å². The quantitative estimate of drug-likeness (QED) is 0.447. The van der Waals surface area contributed by atoms with Crippen LogP contribution in [0.15, 0.2) is 84.9 Å².